The van der Waals surface area contributed by atoms with E-state index in [1.54, 1.807) is 0 Å². The molecule has 0 N–H and O–H groups in total. The van der Waals surface area contributed by atoms with Crippen LogP contribution >= 0.6 is 0 Å². The monoisotopic (exact) mass is 234 g/mol. The molecule has 1 aliphatic carbocycles. The van der Waals surface area contributed by atoms with E-state index in [1.807, 2.05) is 12.1 Å². The average Bonchev–Trinajstić information content (AvgIpc) is 2.50. The first-order valence-corrected chi connectivity index (χ1v) is 6.86. The van der Waals surface area contributed by atoms with Crippen LogP contribution in [0.2, 0.25) is 0 Å². The summed E-state index contributed by atoms with van der Waals surface area (Å²) in [6, 6.07) is 23.8. The molecule has 2 aromatic carbocycles. The van der Waals surface area contributed by atoms with Gasteiger partial charge < -0.3 is 0 Å². The van der Waals surface area contributed by atoms with E-state index in [1.165, 1.54) is 43.2 Å². The van der Waals surface area contributed by atoms with Gasteiger partial charge in [0.2, 0.25) is 0 Å². The fraction of sp³-hybridized carbons (Fsp3) is 0.333. The number of benzene rings is 2. The summed E-state index contributed by atoms with van der Waals surface area (Å²) in [5.74, 6) is 0. The molecule has 90 valence electrons. The van der Waals surface area contributed by atoms with Crippen LogP contribution in [-0.2, 0) is 5.41 Å². The highest BCUT2D eigenvalue weighted by molar-refractivity contribution is 5.38. The van der Waals surface area contributed by atoms with Gasteiger partial charge in [-0.2, -0.15) is 0 Å². The van der Waals surface area contributed by atoms with Gasteiger partial charge in [0.15, 0.2) is 0 Å². The molecule has 0 atom stereocenters. The summed E-state index contributed by atoms with van der Waals surface area (Å²) in [6.45, 7) is 0. The molecule has 0 saturated heterocycles. The Hall–Kier alpha value is -1.56. The molecule has 2 aromatic rings. The summed E-state index contributed by atoms with van der Waals surface area (Å²) >= 11 is 0. The Morgan fingerprint density at radius 3 is 1.72 bits per heavy atom. The minimum Gasteiger partial charge on any atom is -0.0619 e. The predicted octanol–water partition coefficient (Wildman–Crippen LogP) is 4.54. The van der Waals surface area contributed by atoms with Gasteiger partial charge in [-0.15, -0.1) is 0 Å². The molecule has 0 aromatic heterocycles. The van der Waals surface area contributed by atoms with Crippen molar-refractivity contribution in [2.75, 3.05) is 0 Å². The van der Waals surface area contributed by atoms with Crippen LogP contribution in [0.4, 0.5) is 0 Å². The number of rotatable bonds is 2. The van der Waals surface area contributed by atoms with Gasteiger partial charge in [0.25, 0.3) is 0 Å². The third-order valence-corrected chi connectivity index (χ3v) is 4.16. The van der Waals surface area contributed by atoms with Crippen molar-refractivity contribution in [1.82, 2.24) is 0 Å². The third kappa shape index (κ3) is 1.96. The number of hydrogen-bond donors (Lipinski definition) is 0. The van der Waals surface area contributed by atoms with Gasteiger partial charge in [-0.1, -0.05) is 67.8 Å². The highest BCUT2D eigenvalue weighted by Crippen LogP contribution is 2.44. The Morgan fingerprint density at radius 1 is 0.722 bits per heavy atom. The Labute approximate surface area is 110 Å². The lowest BCUT2D eigenvalue weighted by Gasteiger charge is -2.38. The van der Waals surface area contributed by atoms with Crippen LogP contribution in [0.1, 0.15) is 43.2 Å². The second-order valence-electron chi connectivity index (χ2n) is 5.20. The predicted molar refractivity (Wildman–Crippen MR) is 74.4 cm³/mol. The first kappa shape index (κ1) is 11.5. The maximum absolute atomic E-state index is 3.46. The van der Waals surface area contributed by atoms with E-state index < -0.39 is 0 Å². The normalized spacial score (nSPS) is 18.4. The van der Waals surface area contributed by atoms with Crippen molar-refractivity contribution < 1.29 is 0 Å². The van der Waals surface area contributed by atoms with Gasteiger partial charge in [-0.25, -0.2) is 0 Å². The summed E-state index contributed by atoms with van der Waals surface area (Å²) in [4.78, 5) is 0. The molecular weight excluding hydrogens is 216 g/mol. The first-order valence-electron chi connectivity index (χ1n) is 6.86. The van der Waals surface area contributed by atoms with Crippen molar-refractivity contribution >= 4 is 0 Å². The summed E-state index contributed by atoms with van der Waals surface area (Å²) < 4.78 is 0. The second kappa shape index (κ2) is 4.97. The zero-order valence-corrected chi connectivity index (χ0v) is 10.7. The topological polar surface area (TPSA) is 0 Å². The van der Waals surface area contributed by atoms with Gasteiger partial charge in [0.1, 0.15) is 0 Å². The lowest BCUT2D eigenvalue weighted by Crippen LogP contribution is -2.30. The van der Waals surface area contributed by atoms with E-state index in [9.17, 15) is 0 Å². The molecule has 3 rings (SSSR count). The van der Waals surface area contributed by atoms with E-state index in [0.29, 0.717) is 0 Å². The van der Waals surface area contributed by atoms with E-state index in [4.69, 9.17) is 0 Å². The average molecular weight is 234 g/mol. The van der Waals surface area contributed by atoms with Crippen LogP contribution in [0.3, 0.4) is 0 Å². The molecule has 0 heterocycles. The maximum atomic E-state index is 3.46. The SMILES string of the molecule is [c]1ccccc1C1(c2[c]cccc2)CCCCC1. The van der Waals surface area contributed by atoms with Gasteiger partial charge in [0, 0.05) is 5.41 Å². The molecule has 0 bridgehead atoms. The molecule has 0 nitrogen and oxygen atoms in total. The highest BCUT2D eigenvalue weighted by atomic mass is 14.4. The zero-order chi connectivity index (χ0) is 12.3. The Kier molecular flexibility index (Phi) is 3.19. The second-order valence-corrected chi connectivity index (χ2v) is 5.20. The van der Waals surface area contributed by atoms with Crippen LogP contribution in [0.25, 0.3) is 0 Å². The molecular formula is C18H18. The van der Waals surface area contributed by atoms with Crippen molar-refractivity contribution in [2.45, 2.75) is 37.5 Å². The third-order valence-electron chi connectivity index (χ3n) is 4.16. The van der Waals surface area contributed by atoms with Crippen molar-refractivity contribution in [2.24, 2.45) is 0 Å². The van der Waals surface area contributed by atoms with Gasteiger partial charge >= 0.3 is 0 Å². The van der Waals surface area contributed by atoms with Gasteiger partial charge in [-0.05, 0) is 36.1 Å². The first-order chi connectivity index (χ1) is 8.92. The molecule has 1 aliphatic rings. The minimum atomic E-state index is 0.154. The summed E-state index contributed by atoms with van der Waals surface area (Å²) in [5.41, 5.74) is 2.83. The van der Waals surface area contributed by atoms with Crippen molar-refractivity contribution in [3.8, 4) is 0 Å². The minimum absolute atomic E-state index is 0.154. The van der Waals surface area contributed by atoms with E-state index >= 15 is 0 Å². The fourth-order valence-electron chi connectivity index (χ4n) is 3.22. The number of hydrogen-bond acceptors (Lipinski definition) is 0. The largest absolute Gasteiger partial charge is 0.0619 e. The Morgan fingerprint density at radius 2 is 1.28 bits per heavy atom. The summed E-state index contributed by atoms with van der Waals surface area (Å²) in [6.07, 6.45) is 6.44. The lowest BCUT2D eigenvalue weighted by atomic mass is 9.65. The molecule has 1 fully saturated rings. The van der Waals surface area contributed by atoms with E-state index in [-0.39, 0.29) is 5.41 Å². The van der Waals surface area contributed by atoms with Crippen molar-refractivity contribution in [1.29, 1.82) is 0 Å². The van der Waals surface area contributed by atoms with Crippen molar-refractivity contribution in [3.63, 3.8) is 0 Å². The quantitative estimate of drug-likeness (QED) is 0.715. The summed E-state index contributed by atoms with van der Waals surface area (Å²) in [5, 5.41) is 0. The van der Waals surface area contributed by atoms with E-state index in [0.717, 1.165) is 0 Å². The van der Waals surface area contributed by atoms with Crippen LogP contribution < -0.4 is 0 Å². The molecule has 1 saturated carbocycles. The molecule has 2 radical (unpaired) electrons. The molecule has 0 heteroatoms. The Bertz CT molecular complexity index is 436. The zero-order valence-electron chi connectivity index (χ0n) is 10.7. The molecule has 0 unspecified atom stereocenters. The highest BCUT2D eigenvalue weighted by Gasteiger charge is 2.35. The molecule has 0 amide bonds. The lowest BCUT2D eigenvalue weighted by molar-refractivity contribution is 0.345. The van der Waals surface area contributed by atoms with Crippen molar-refractivity contribution in [3.05, 3.63) is 71.8 Å². The smallest absolute Gasteiger partial charge is 0.0215 e. The maximum Gasteiger partial charge on any atom is 0.0215 e. The van der Waals surface area contributed by atoms with Gasteiger partial charge in [-0.3, -0.25) is 0 Å². The fourth-order valence-corrected chi connectivity index (χ4v) is 3.22. The molecule has 0 aliphatic heterocycles. The van der Waals surface area contributed by atoms with Crippen LogP contribution in [-0.4, -0.2) is 0 Å². The Balaban J connectivity index is 2.10. The molecule has 0 spiro atoms. The molecule has 18 heavy (non-hydrogen) atoms. The van der Waals surface area contributed by atoms with Crippen LogP contribution in [0.15, 0.2) is 48.5 Å². The standard InChI is InChI=1S/C18H18/c1-4-10-16(11-5-1)18(14-8-3-9-15-18)17-12-6-2-7-13-17/h1-2,4-7,10,12H,3,8-9,14-15H2. The summed E-state index contributed by atoms with van der Waals surface area (Å²) in [7, 11) is 0. The van der Waals surface area contributed by atoms with Crippen LogP contribution in [0, 0.1) is 12.1 Å². The van der Waals surface area contributed by atoms with Gasteiger partial charge in [0.05, 0.1) is 0 Å². The van der Waals surface area contributed by atoms with E-state index in [2.05, 4.69) is 48.5 Å². The van der Waals surface area contributed by atoms with Crippen LogP contribution in [0.5, 0.6) is 0 Å².